The number of rotatable bonds is 3. The average molecular weight is 222 g/mol. The second kappa shape index (κ2) is 5.14. The van der Waals surface area contributed by atoms with E-state index in [2.05, 4.69) is 11.4 Å². The molecule has 1 N–H and O–H groups in total. The van der Waals surface area contributed by atoms with E-state index in [1.807, 2.05) is 0 Å². The van der Waals surface area contributed by atoms with E-state index in [9.17, 15) is 9.59 Å². The summed E-state index contributed by atoms with van der Waals surface area (Å²) in [6.45, 7) is 1.31. The summed E-state index contributed by atoms with van der Waals surface area (Å²) in [4.78, 5) is 24.1. The van der Waals surface area contributed by atoms with E-state index < -0.39 is 0 Å². The van der Waals surface area contributed by atoms with Gasteiger partial charge in [0.05, 0.1) is 0 Å². The molecule has 4 heteroatoms. The van der Waals surface area contributed by atoms with Crippen molar-refractivity contribution in [2.45, 2.75) is 38.5 Å². The summed E-state index contributed by atoms with van der Waals surface area (Å²) >= 11 is 0. The summed E-state index contributed by atoms with van der Waals surface area (Å²) in [5.41, 5.74) is 1.47. The number of imide groups is 1. The lowest BCUT2D eigenvalue weighted by atomic mass is 9.97. The lowest BCUT2D eigenvalue weighted by molar-refractivity contribution is -0.121. The van der Waals surface area contributed by atoms with Gasteiger partial charge in [-0.3, -0.25) is 10.1 Å². The van der Waals surface area contributed by atoms with Crippen LogP contribution in [0.25, 0.3) is 0 Å². The molecule has 1 aliphatic heterocycles. The first-order chi connectivity index (χ1) is 7.75. The molecule has 88 valence electrons. The Hall–Kier alpha value is -1.32. The van der Waals surface area contributed by atoms with Crippen molar-refractivity contribution in [1.29, 1.82) is 0 Å². The molecule has 0 aromatic carbocycles. The van der Waals surface area contributed by atoms with Crippen LogP contribution in [0, 0.1) is 0 Å². The fourth-order valence-electron chi connectivity index (χ4n) is 2.22. The summed E-state index contributed by atoms with van der Waals surface area (Å²) in [7, 11) is 0. The van der Waals surface area contributed by atoms with Gasteiger partial charge in [0, 0.05) is 19.5 Å². The van der Waals surface area contributed by atoms with Crippen LogP contribution in [0.5, 0.6) is 0 Å². The van der Waals surface area contributed by atoms with Gasteiger partial charge in [0.15, 0.2) is 0 Å². The van der Waals surface area contributed by atoms with E-state index in [4.69, 9.17) is 0 Å². The molecule has 0 saturated carbocycles. The van der Waals surface area contributed by atoms with E-state index >= 15 is 0 Å². The first-order valence-corrected chi connectivity index (χ1v) is 6.02. The topological polar surface area (TPSA) is 49.4 Å². The molecule has 0 atom stereocenters. The fourth-order valence-corrected chi connectivity index (χ4v) is 2.22. The van der Waals surface area contributed by atoms with Crippen LogP contribution in [0.1, 0.15) is 38.5 Å². The Morgan fingerprint density at radius 3 is 2.81 bits per heavy atom. The van der Waals surface area contributed by atoms with E-state index in [-0.39, 0.29) is 11.9 Å². The van der Waals surface area contributed by atoms with Gasteiger partial charge in [-0.05, 0) is 32.1 Å². The van der Waals surface area contributed by atoms with Gasteiger partial charge < -0.3 is 4.90 Å². The minimum atomic E-state index is -0.229. The third-order valence-corrected chi connectivity index (χ3v) is 3.23. The van der Waals surface area contributed by atoms with Crippen LogP contribution in [0.4, 0.5) is 4.79 Å². The van der Waals surface area contributed by atoms with Crippen LogP contribution in [-0.2, 0) is 4.79 Å². The first kappa shape index (κ1) is 11.2. The van der Waals surface area contributed by atoms with E-state index in [1.165, 1.54) is 31.3 Å². The van der Waals surface area contributed by atoms with Crippen LogP contribution in [0.2, 0.25) is 0 Å². The lowest BCUT2D eigenvalue weighted by Gasteiger charge is -2.27. The normalized spacial score (nSPS) is 21.8. The SMILES string of the molecule is O=C1CCN(CCC2=CCCCC2)C(=O)N1. The van der Waals surface area contributed by atoms with Crippen LogP contribution >= 0.6 is 0 Å². The fraction of sp³-hybridized carbons (Fsp3) is 0.667. The molecule has 1 saturated heterocycles. The molecule has 3 amide bonds. The van der Waals surface area contributed by atoms with Crippen molar-refractivity contribution >= 4 is 11.9 Å². The number of allylic oxidation sites excluding steroid dienone is 1. The zero-order chi connectivity index (χ0) is 11.4. The quantitative estimate of drug-likeness (QED) is 0.740. The van der Waals surface area contributed by atoms with Crippen molar-refractivity contribution < 1.29 is 9.59 Å². The second-order valence-electron chi connectivity index (χ2n) is 4.45. The number of hydrogen-bond acceptors (Lipinski definition) is 2. The number of nitrogens with one attached hydrogen (secondary N) is 1. The molecule has 0 aromatic heterocycles. The van der Waals surface area contributed by atoms with Gasteiger partial charge in [0.2, 0.25) is 5.91 Å². The van der Waals surface area contributed by atoms with Crippen molar-refractivity contribution in [3.8, 4) is 0 Å². The molecule has 0 radical (unpaired) electrons. The van der Waals surface area contributed by atoms with Gasteiger partial charge in [0.25, 0.3) is 0 Å². The molecule has 2 rings (SSSR count). The van der Waals surface area contributed by atoms with Crippen LogP contribution in [0.15, 0.2) is 11.6 Å². The molecule has 1 heterocycles. The highest BCUT2D eigenvalue weighted by Crippen LogP contribution is 2.20. The van der Waals surface area contributed by atoms with Crippen molar-refractivity contribution in [2.24, 2.45) is 0 Å². The molecule has 0 bridgehead atoms. The van der Waals surface area contributed by atoms with Gasteiger partial charge in [-0.1, -0.05) is 11.6 Å². The molecule has 16 heavy (non-hydrogen) atoms. The van der Waals surface area contributed by atoms with E-state index in [0.717, 1.165) is 13.0 Å². The van der Waals surface area contributed by atoms with Gasteiger partial charge in [-0.2, -0.15) is 0 Å². The van der Waals surface area contributed by atoms with Crippen LogP contribution in [-0.4, -0.2) is 29.9 Å². The smallest absolute Gasteiger partial charge is 0.324 e. The third kappa shape index (κ3) is 2.84. The van der Waals surface area contributed by atoms with Gasteiger partial charge in [-0.15, -0.1) is 0 Å². The zero-order valence-electron chi connectivity index (χ0n) is 9.50. The molecule has 4 nitrogen and oxygen atoms in total. The number of nitrogens with zero attached hydrogens (tertiary/aromatic N) is 1. The molecule has 2 aliphatic rings. The zero-order valence-corrected chi connectivity index (χ0v) is 9.50. The molecule has 1 fully saturated rings. The predicted molar refractivity (Wildman–Crippen MR) is 60.9 cm³/mol. The predicted octanol–water partition coefficient (Wildman–Crippen LogP) is 1.82. The standard InChI is InChI=1S/C12H18N2O2/c15-11-7-9-14(12(16)13-11)8-6-10-4-2-1-3-5-10/h4H,1-3,5-9H2,(H,13,15,16). The number of urea groups is 1. The second-order valence-corrected chi connectivity index (χ2v) is 4.45. The molecular formula is C12H18N2O2. The van der Waals surface area contributed by atoms with Gasteiger partial charge in [0.1, 0.15) is 0 Å². The maximum absolute atomic E-state index is 11.5. The minimum absolute atomic E-state index is 0.155. The number of amides is 3. The average Bonchev–Trinajstić information content (AvgIpc) is 2.29. The largest absolute Gasteiger partial charge is 0.324 e. The van der Waals surface area contributed by atoms with Crippen molar-refractivity contribution in [1.82, 2.24) is 10.2 Å². The number of carbonyl (C=O) groups is 2. The molecule has 0 aromatic rings. The summed E-state index contributed by atoms with van der Waals surface area (Å²) in [5, 5.41) is 2.35. The Balaban J connectivity index is 1.79. The number of carbonyl (C=O) groups excluding carboxylic acids is 2. The summed E-state index contributed by atoms with van der Waals surface area (Å²) in [6.07, 6.45) is 8.62. The van der Waals surface area contributed by atoms with Gasteiger partial charge in [-0.25, -0.2) is 4.79 Å². The summed E-state index contributed by atoms with van der Waals surface area (Å²) < 4.78 is 0. The van der Waals surface area contributed by atoms with Crippen molar-refractivity contribution in [3.63, 3.8) is 0 Å². The Kier molecular flexibility index (Phi) is 3.59. The van der Waals surface area contributed by atoms with E-state index in [1.54, 1.807) is 4.90 Å². The minimum Gasteiger partial charge on any atom is -0.324 e. The van der Waals surface area contributed by atoms with Gasteiger partial charge >= 0.3 is 6.03 Å². The molecular weight excluding hydrogens is 204 g/mol. The van der Waals surface area contributed by atoms with Crippen LogP contribution in [0.3, 0.4) is 0 Å². The molecule has 0 unspecified atom stereocenters. The Labute approximate surface area is 95.7 Å². The van der Waals surface area contributed by atoms with Crippen LogP contribution < -0.4 is 5.32 Å². The Bertz CT molecular complexity index is 323. The maximum Gasteiger partial charge on any atom is 0.324 e. The first-order valence-electron chi connectivity index (χ1n) is 6.02. The third-order valence-electron chi connectivity index (χ3n) is 3.23. The highest BCUT2D eigenvalue weighted by atomic mass is 16.2. The van der Waals surface area contributed by atoms with Crippen molar-refractivity contribution in [2.75, 3.05) is 13.1 Å². The van der Waals surface area contributed by atoms with Crippen molar-refractivity contribution in [3.05, 3.63) is 11.6 Å². The number of hydrogen-bond donors (Lipinski definition) is 1. The Morgan fingerprint density at radius 1 is 1.25 bits per heavy atom. The maximum atomic E-state index is 11.5. The Morgan fingerprint density at radius 2 is 2.12 bits per heavy atom. The highest BCUT2D eigenvalue weighted by Gasteiger charge is 2.22. The molecule has 1 aliphatic carbocycles. The monoisotopic (exact) mass is 222 g/mol. The lowest BCUT2D eigenvalue weighted by Crippen LogP contribution is -2.49. The summed E-state index contributed by atoms with van der Waals surface area (Å²) in [6, 6.07) is -0.229. The summed E-state index contributed by atoms with van der Waals surface area (Å²) in [5.74, 6) is -0.155. The highest BCUT2D eigenvalue weighted by molar-refractivity contribution is 5.96. The van der Waals surface area contributed by atoms with E-state index in [0.29, 0.717) is 13.0 Å². The molecule has 0 spiro atoms.